The highest BCUT2D eigenvalue weighted by molar-refractivity contribution is 7.98. The molecule has 0 fully saturated rings. The molecular formula is C27H39N3O4S. The lowest BCUT2D eigenvalue weighted by molar-refractivity contribution is -0.138. The molecule has 0 heterocycles. The van der Waals surface area contributed by atoms with Crippen molar-refractivity contribution in [1.82, 2.24) is 15.5 Å². The van der Waals surface area contributed by atoms with Gasteiger partial charge < -0.3 is 15.4 Å². The molecule has 0 aliphatic carbocycles. The van der Waals surface area contributed by atoms with Crippen molar-refractivity contribution in [3.8, 4) is 12.5 Å². The highest BCUT2D eigenvalue weighted by Crippen LogP contribution is 2.24. The van der Waals surface area contributed by atoms with Crippen LogP contribution in [0, 0.1) is 12.5 Å². The van der Waals surface area contributed by atoms with Crippen molar-refractivity contribution in [2.45, 2.75) is 71.1 Å². The summed E-state index contributed by atoms with van der Waals surface area (Å²) in [6.07, 6.45) is 11.8. The van der Waals surface area contributed by atoms with Crippen LogP contribution in [-0.2, 0) is 14.3 Å². The first kappa shape index (κ1) is 30.1. The molecule has 0 saturated heterocycles. The number of hydrogen-bond donors (Lipinski definition) is 2. The fourth-order valence-electron chi connectivity index (χ4n) is 3.33. The van der Waals surface area contributed by atoms with Crippen molar-refractivity contribution in [2.75, 3.05) is 18.6 Å². The summed E-state index contributed by atoms with van der Waals surface area (Å²) in [5, 5.41) is 5.55. The van der Waals surface area contributed by atoms with Crippen molar-refractivity contribution < 1.29 is 19.1 Å². The predicted octanol–water partition coefficient (Wildman–Crippen LogP) is 4.74. The van der Waals surface area contributed by atoms with E-state index in [2.05, 4.69) is 30.2 Å². The Labute approximate surface area is 214 Å². The van der Waals surface area contributed by atoms with E-state index >= 15 is 0 Å². The minimum Gasteiger partial charge on any atom is -0.444 e. The summed E-state index contributed by atoms with van der Waals surface area (Å²) in [7, 11) is 0. The van der Waals surface area contributed by atoms with Crippen LogP contribution in [0.25, 0.3) is 6.08 Å². The number of ether oxygens (including phenoxy) is 1. The smallest absolute Gasteiger partial charge is 0.408 e. The van der Waals surface area contributed by atoms with Gasteiger partial charge in [-0.3, -0.25) is 14.5 Å². The molecule has 8 heteroatoms. The van der Waals surface area contributed by atoms with E-state index in [0.717, 1.165) is 29.7 Å². The quantitative estimate of drug-likeness (QED) is 0.232. The van der Waals surface area contributed by atoms with E-state index in [9.17, 15) is 14.4 Å². The molecule has 2 unspecified atom stereocenters. The SMILES string of the molecule is C#CN(C(=O)C(CCSC)NC(=O)OC(C)(C)C)C(C(=O)NCCCCC)c1cccc(C=C)c1. The molecule has 2 atom stereocenters. The lowest BCUT2D eigenvalue weighted by Crippen LogP contribution is -2.51. The number of benzene rings is 1. The van der Waals surface area contributed by atoms with Gasteiger partial charge in [-0.05, 0) is 62.8 Å². The Balaban J connectivity index is 3.31. The maximum absolute atomic E-state index is 13.6. The van der Waals surface area contributed by atoms with Crippen LogP contribution in [0.2, 0.25) is 0 Å². The minimum atomic E-state index is -1.06. The second-order valence-corrected chi connectivity index (χ2v) is 10.1. The third-order valence-electron chi connectivity index (χ3n) is 5.02. The Bertz CT molecular complexity index is 904. The third-order valence-corrected chi connectivity index (χ3v) is 5.67. The van der Waals surface area contributed by atoms with Gasteiger partial charge in [-0.1, -0.05) is 57.0 Å². The maximum Gasteiger partial charge on any atom is 0.408 e. The molecule has 1 aromatic rings. The van der Waals surface area contributed by atoms with Crippen LogP contribution >= 0.6 is 11.8 Å². The first-order chi connectivity index (χ1) is 16.6. The van der Waals surface area contributed by atoms with E-state index in [1.54, 1.807) is 45.0 Å². The zero-order valence-corrected chi connectivity index (χ0v) is 22.4. The fraction of sp³-hybridized carbons (Fsp3) is 0.519. The normalized spacial score (nSPS) is 12.6. The van der Waals surface area contributed by atoms with Crippen molar-refractivity contribution in [2.24, 2.45) is 0 Å². The average molecular weight is 502 g/mol. The van der Waals surface area contributed by atoms with Crippen molar-refractivity contribution in [1.29, 1.82) is 0 Å². The molecule has 0 spiro atoms. The maximum atomic E-state index is 13.6. The van der Waals surface area contributed by atoms with Crippen molar-refractivity contribution in [3.05, 3.63) is 42.0 Å². The van der Waals surface area contributed by atoms with Gasteiger partial charge in [0.1, 0.15) is 17.7 Å². The van der Waals surface area contributed by atoms with E-state index < -0.39 is 29.7 Å². The third kappa shape index (κ3) is 10.5. The second kappa shape index (κ2) is 15.2. The van der Waals surface area contributed by atoms with Gasteiger partial charge in [0.15, 0.2) is 0 Å². The summed E-state index contributed by atoms with van der Waals surface area (Å²) in [6, 6.07) is 7.54. The van der Waals surface area contributed by atoms with Crippen molar-refractivity contribution >= 4 is 35.7 Å². The van der Waals surface area contributed by atoms with Crippen LogP contribution in [0.3, 0.4) is 0 Å². The zero-order chi connectivity index (χ0) is 26.4. The van der Waals surface area contributed by atoms with E-state index in [4.69, 9.17) is 11.2 Å². The number of carbonyl (C=O) groups excluding carboxylic acids is 3. The number of alkyl carbamates (subject to hydrolysis) is 1. The largest absolute Gasteiger partial charge is 0.444 e. The summed E-state index contributed by atoms with van der Waals surface area (Å²) in [5.41, 5.74) is 0.624. The van der Waals surface area contributed by atoms with Gasteiger partial charge in [0.2, 0.25) is 5.91 Å². The first-order valence-corrected chi connectivity index (χ1v) is 13.2. The molecule has 2 N–H and O–H groups in total. The van der Waals surface area contributed by atoms with Gasteiger partial charge in [-0.25, -0.2) is 4.79 Å². The zero-order valence-electron chi connectivity index (χ0n) is 21.6. The van der Waals surface area contributed by atoms with E-state index in [0.29, 0.717) is 24.3 Å². The Morgan fingerprint density at radius 3 is 2.57 bits per heavy atom. The number of carbonyl (C=O) groups is 3. The average Bonchev–Trinajstić information content (AvgIpc) is 2.81. The standard InChI is InChI=1S/C27H39N3O4S/c1-8-11-12-17-28-24(31)23(21-15-13-14-20(9-2)19-21)30(10-3)25(32)22(16-18-35-7)29-26(33)34-27(4,5)6/h3,9,13-15,19,22-23H,2,8,11-12,16-18H2,1,4-7H3,(H,28,31)(H,29,33). The predicted molar refractivity (Wildman–Crippen MR) is 144 cm³/mol. The van der Waals surface area contributed by atoms with Crippen LogP contribution < -0.4 is 10.6 Å². The molecule has 192 valence electrons. The van der Waals surface area contributed by atoms with Crippen LogP contribution in [0.4, 0.5) is 4.79 Å². The molecule has 0 aliphatic heterocycles. The number of hydrogen-bond acceptors (Lipinski definition) is 5. The van der Waals surface area contributed by atoms with E-state index in [-0.39, 0.29) is 5.91 Å². The molecule has 35 heavy (non-hydrogen) atoms. The Hall–Kier alpha value is -2.92. The molecule has 1 aromatic carbocycles. The van der Waals surface area contributed by atoms with Gasteiger partial charge in [-0.15, -0.1) is 0 Å². The Morgan fingerprint density at radius 1 is 1.29 bits per heavy atom. The molecule has 1 rings (SSSR count). The lowest BCUT2D eigenvalue weighted by atomic mass is 10.0. The Morgan fingerprint density at radius 2 is 2.00 bits per heavy atom. The van der Waals surface area contributed by atoms with Crippen LogP contribution in [-0.4, -0.2) is 53.0 Å². The second-order valence-electron chi connectivity index (χ2n) is 9.09. The fourth-order valence-corrected chi connectivity index (χ4v) is 3.80. The van der Waals surface area contributed by atoms with Crippen LogP contribution in [0.15, 0.2) is 30.8 Å². The van der Waals surface area contributed by atoms with Gasteiger partial charge in [-0.2, -0.15) is 11.8 Å². The van der Waals surface area contributed by atoms with Crippen molar-refractivity contribution in [3.63, 3.8) is 0 Å². The topological polar surface area (TPSA) is 87.7 Å². The summed E-state index contributed by atoms with van der Waals surface area (Å²) >= 11 is 1.53. The minimum absolute atomic E-state index is 0.328. The molecule has 3 amide bonds. The summed E-state index contributed by atoms with van der Waals surface area (Å²) in [5.74, 6) is -0.329. The molecule has 0 saturated carbocycles. The van der Waals surface area contributed by atoms with Gasteiger partial charge in [0.25, 0.3) is 5.91 Å². The van der Waals surface area contributed by atoms with Gasteiger partial charge >= 0.3 is 6.09 Å². The highest BCUT2D eigenvalue weighted by Gasteiger charge is 2.35. The van der Waals surface area contributed by atoms with Crippen LogP contribution in [0.1, 0.15) is 70.5 Å². The van der Waals surface area contributed by atoms with Gasteiger partial charge in [0.05, 0.1) is 0 Å². The number of amides is 3. The molecule has 0 bridgehead atoms. The molecule has 0 aliphatic rings. The summed E-state index contributed by atoms with van der Waals surface area (Å²) < 4.78 is 5.34. The monoisotopic (exact) mass is 501 g/mol. The molecule has 7 nitrogen and oxygen atoms in total. The molecular weight excluding hydrogens is 462 g/mol. The van der Waals surface area contributed by atoms with E-state index in [1.807, 2.05) is 12.3 Å². The first-order valence-electron chi connectivity index (χ1n) is 11.9. The lowest BCUT2D eigenvalue weighted by Gasteiger charge is -2.30. The number of unbranched alkanes of at least 4 members (excludes halogenated alkanes) is 2. The van der Waals surface area contributed by atoms with Crippen LogP contribution in [0.5, 0.6) is 0 Å². The summed E-state index contributed by atoms with van der Waals surface area (Å²) in [4.78, 5) is 40.5. The number of nitrogens with zero attached hydrogens (tertiary/aromatic N) is 1. The number of rotatable bonds is 13. The number of thioether (sulfide) groups is 1. The Kier molecular flexibility index (Phi) is 13.0. The molecule has 0 radical (unpaired) electrons. The highest BCUT2D eigenvalue weighted by atomic mass is 32.2. The number of terminal acetylenes is 1. The van der Waals surface area contributed by atoms with Gasteiger partial charge in [0, 0.05) is 12.6 Å². The van der Waals surface area contributed by atoms with E-state index in [1.165, 1.54) is 11.8 Å². The number of nitrogens with one attached hydrogen (secondary N) is 2. The summed E-state index contributed by atoms with van der Waals surface area (Å²) in [6.45, 7) is 11.6. The molecule has 0 aromatic heterocycles.